The predicted molar refractivity (Wildman–Crippen MR) is 88.2 cm³/mol. The summed E-state index contributed by atoms with van der Waals surface area (Å²) in [7, 11) is 1.69. The first-order chi connectivity index (χ1) is 10.4. The summed E-state index contributed by atoms with van der Waals surface area (Å²) in [6.45, 7) is 0. The van der Waals surface area contributed by atoms with Crippen LogP contribution in [-0.4, -0.2) is 7.11 Å². The van der Waals surface area contributed by atoms with Crippen molar-refractivity contribution in [3.8, 4) is 16.9 Å². The lowest BCUT2D eigenvalue weighted by molar-refractivity contribution is 0.415. The Kier molecular flexibility index (Phi) is 3.88. The van der Waals surface area contributed by atoms with E-state index in [1.807, 2.05) is 48.5 Å². The molecule has 0 unspecified atom stereocenters. The quantitative estimate of drug-likeness (QED) is 0.714. The first kappa shape index (κ1) is 13.3. The second-order valence-electron chi connectivity index (χ2n) is 4.77. The van der Waals surface area contributed by atoms with Gasteiger partial charge in [0.15, 0.2) is 0 Å². The zero-order valence-corrected chi connectivity index (χ0v) is 11.9. The molecule has 0 heterocycles. The van der Waals surface area contributed by atoms with Crippen molar-refractivity contribution in [3.63, 3.8) is 0 Å². The Hall–Kier alpha value is -2.74. The maximum atomic E-state index is 5.35. The predicted octanol–water partition coefficient (Wildman–Crippen LogP) is 5.11. The number of ether oxygens (including phenoxy) is 1. The molecule has 0 spiro atoms. The molecule has 104 valence electrons. The fourth-order valence-corrected chi connectivity index (χ4v) is 2.29. The highest BCUT2D eigenvalue weighted by Gasteiger charge is 2.07. The Bertz CT molecular complexity index is 708. The molecule has 3 aromatic rings. The minimum atomic E-state index is 0.854. The third-order valence-electron chi connectivity index (χ3n) is 3.36. The van der Waals surface area contributed by atoms with Gasteiger partial charge in [0.25, 0.3) is 0 Å². The molecule has 0 aromatic heterocycles. The number of benzene rings is 3. The molecule has 2 nitrogen and oxygen atoms in total. The molecule has 0 saturated carbocycles. The van der Waals surface area contributed by atoms with Gasteiger partial charge in [-0.3, -0.25) is 0 Å². The van der Waals surface area contributed by atoms with Crippen molar-refractivity contribution >= 4 is 11.4 Å². The van der Waals surface area contributed by atoms with Crippen LogP contribution in [0.2, 0.25) is 0 Å². The van der Waals surface area contributed by atoms with Crippen LogP contribution in [0, 0.1) is 0 Å². The second-order valence-corrected chi connectivity index (χ2v) is 4.77. The molecule has 0 aliphatic carbocycles. The van der Waals surface area contributed by atoms with Crippen molar-refractivity contribution < 1.29 is 4.74 Å². The fraction of sp³-hybridized carbons (Fsp3) is 0.0526. The van der Waals surface area contributed by atoms with Crippen molar-refractivity contribution in [1.82, 2.24) is 0 Å². The van der Waals surface area contributed by atoms with E-state index in [1.54, 1.807) is 7.11 Å². The van der Waals surface area contributed by atoms with Crippen molar-refractivity contribution in [2.45, 2.75) is 0 Å². The first-order valence-corrected chi connectivity index (χ1v) is 6.92. The topological polar surface area (TPSA) is 21.3 Å². The van der Waals surface area contributed by atoms with E-state index in [0.29, 0.717) is 0 Å². The maximum absolute atomic E-state index is 5.35. The summed E-state index contributed by atoms with van der Waals surface area (Å²) in [5.41, 5.74) is 4.42. The van der Waals surface area contributed by atoms with Gasteiger partial charge in [-0.1, -0.05) is 48.5 Å². The summed E-state index contributed by atoms with van der Waals surface area (Å²) in [6.07, 6.45) is 0. The highest BCUT2D eigenvalue weighted by molar-refractivity contribution is 5.82. The molecule has 3 rings (SSSR count). The maximum Gasteiger partial charge on any atom is 0.119 e. The van der Waals surface area contributed by atoms with E-state index >= 15 is 0 Å². The molecule has 0 amide bonds. The van der Waals surface area contributed by atoms with Crippen molar-refractivity contribution in [2.24, 2.45) is 0 Å². The average Bonchev–Trinajstić information content (AvgIpc) is 2.57. The summed E-state index contributed by atoms with van der Waals surface area (Å²) in [6, 6.07) is 26.6. The zero-order chi connectivity index (χ0) is 14.5. The van der Waals surface area contributed by atoms with Crippen LogP contribution in [0.4, 0.5) is 11.4 Å². The molecule has 0 aliphatic heterocycles. The molecule has 0 radical (unpaired) electrons. The van der Waals surface area contributed by atoms with Gasteiger partial charge in [-0.15, -0.1) is 0 Å². The monoisotopic (exact) mass is 275 g/mol. The second kappa shape index (κ2) is 6.14. The molecule has 0 atom stereocenters. The van der Waals surface area contributed by atoms with Crippen LogP contribution < -0.4 is 10.1 Å². The summed E-state index contributed by atoms with van der Waals surface area (Å²) in [4.78, 5) is 0. The van der Waals surface area contributed by atoms with Gasteiger partial charge in [0.2, 0.25) is 0 Å². The molecular weight excluding hydrogens is 258 g/mol. The van der Waals surface area contributed by atoms with E-state index in [9.17, 15) is 0 Å². The van der Waals surface area contributed by atoms with Gasteiger partial charge in [0.05, 0.1) is 7.11 Å². The highest BCUT2D eigenvalue weighted by atomic mass is 16.5. The summed E-state index contributed by atoms with van der Waals surface area (Å²) in [5, 5.41) is 3.47. The van der Waals surface area contributed by atoms with Crippen LogP contribution in [0.1, 0.15) is 0 Å². The number of methoxy groups -OCH3 is 1. The molecular formula is C19H17NO. The van der Waals surface area contributed by atoms with E-state index in [1.165, 1.54) is 0 Å². The van der Waals surface area contributed by atoms with E-state index < -0.39 is 0 Å². The van der Waals surface area contributed by atoms with Gasteiger partial charge < -0.3 is 10.1 Å². The van der Waals surface area contributed by atoms with Crippen molar-refractivity contribution in [1.29, 1.82) is 0 Å². The van der Waals surface area contributed by atoms with Crippen LogP contribution in [0.25, 0.3) is 11.1 Å². The van der Waals surface area contributed by atoms with Gasteiger partial charge in [0.1, 0.15) is 5.75 Å². The normalized spacial score (nSPS) is 10.1. The largest absolute Gasteiger partial charge is 0.497 e. The van der Waals surface area contributed by atoms with Crippen LogP contribution in [0.15, 0.2) is 78.9 Å². The number of rotatable bonds is 4. The van der Waals surface area contributed by atoms with Gasteiger partial charge in [-0.25, -0.2) is 0 Å². The minimum absolute atomic E-state index is 0.854. The Labute approximate surface area is 125 Å². The molecule has 0 fully saturated rings. The van der Waals surface area contributed by atoms with Crippen LogP contribution >= 0.6 is 0 Å². The molecule has 3 aromatic carbocycles. The first-order valence-electron chi connectivity index (χ1n) is 6.92. The third-order valence-corrected chi connectivity index (χ3v) is 3.36. The lowest BCUT2D eigenvalue weighted by Crippen LogP contribution is -1.94. The number of para-hydroxylation sites is 1. The zero-order valence-electron chi connectivity index (χ0n) is 11.9. The van der Waals surface area contributed by atoms with Crippen LogP contribution in [-0.2, 0) is 0 Å². The lowest BCUT2D eigenvalue weighted by Gasteiger charge is -2.14. The number of hydrogen-bond donors (Lipinski definition) is 1. The van der Waals surface area contributed by atoms with Crippen molar-refractivity contribution in [2.75, 3.05) is 12.4 Å². The SMILES string of the molecule is COc1ccc(Nc2ccccc2)c(-c2ccccc2)c1. The van der Waals surface area contributed by atoms with Crippen LogP contribution in [0.5, 0.6) is 5.75 Å². The Morgan fingerprint density at radius 1 is 0.762 bits per heavy atom. The van der Waals surface area contributed by atoms with Gasteiger partial charge in [-0.2, -0.15) is 0 Å². The molecule has 2 heteroatoms. The smallest absolute Gasteiger partial charge is 0.119 e. The van der Waals surface area contributed by atoms with E-state index in [2.05, 4.69) is 35.6 Å². The highest BCUT2D eigenvalue weighted by Crippen LogP contribution is 2.33. The standard InChI is InChI=1S/C19H17NO/c1-21-17-12-13-19(20-16-10-6-3-7-11-16)18(14-17)15-8-4-2-5-9-15/h2-14,20H,1H3. The molecule has 1 N–H and O–H groups in total. The molecule has 0 aliphatic rings. The van der Waals surface area contributed by atoms with Crippen LogP contribution in [0.3, 0.4) is 0 Å². The summed E-state index contributed by atoms with van der Waals surface area (Å²) < 4.78 is 5.35. The lowest BCUT2D eigenvalue weighted by atomic mass is 10.0. The number of nitrogens with one attached hydrogen (secondary N) is 1. The molecule has 0 saturated heterocycles. The number of hydrogen-bond acceptors (Lipinski definition) is 2. The van der Waals surface area contributed by atoms with E-state index in [-0.39, 0.29) is 0 Å². The fourth-order valence-electron chi connectivity index (χ4n) is 2.29. The van der Waals surface area contributed by atoms with E-state index in [0.717, 1.165) is 28.3 Å². The van der Waals surface area contributed by atoms with Gasteiger partial charge >= 0.3 is 0 Å². The van der Waals surface area contributed by atoms with Gasteiger partial charge in [0, 0.05) is 16.9 Å². The number of anilines is 2. The summed E-state index contributed by atoms with van der Waals surface area (Å²) >= 11 is 0. The van der Waals surface area contributed by atoms with Crippen molar-refractivity contribution in [3.05, 3.63) is 78.9 Å². The minimum Gasteiger partial charge on any atom is -0.497 e. The average molecular weight is 275 g/mol. The molecule has 21 heavy (non-hydrogen) atoms. The Morgan fingerprint density at radius 2 is 1.43 bits per heavy atom. The summed E-state index contributed by atoms with van der Waals surface area (Å²) in [5.74, 6) is 0.854. The van der Waals surface area contributed by atoms with Gasteiger partial charge in [-0.05, 0) is 35.9 Å². The molecule has 0 bridgehead atoms. The Balaban J connectivity index is 2.04. The Morgan fingerprint density at radius 3 is 2.10 bits per heavy atom. The van der Waals surface area contributed by atoms with E-state index in [4.69, 9.17) is 4.74 Å². The third kappa shape index (κ3) is 3.06.